The van der Waals surface area contributed by atoms with Crippen LogP contribution in [0.15, 0.2) is 61.5 Å². The normalized spacial score (nSPS) is 26.0. The van der Waals surface area contributed by atoms with Gasteiger partial charge in [0, 0.05) is 31.8 Å². The molecule has 5 rings (SSSR count). The monoisotopic (exact) mass is 314 g/mol. The summed E-state index contributed by atoms with van der Waals surface area (Å²) >= 11 is 0. The number of fused-ring (bicyclic) bond motifs is 7. The molecule has 1 aliphatic carbocycles. The minimum atomic E-state index is 0.347. The van der Waals surface area contributed by atoms with Gasteiger partial charge in [0.1, 0.15) is 6.17 Å². The van der Waals surface area contributed by atoms with E-state index in [1.165, 1.54) is 33.5 Å². The van der Waals surface area contributed by atoms with E-state index in [1.807, 2.05) is 0 Å². The van der Waals surface area contributed by atoms with Gasteiger partial charge in [-0.05, 0) is 33.7 Å². The van der Waals surface area contributed by atoms with E-state index in [1.54, 1.807) is 0 Å². The Balaban J connectivity index is 1.75. The van der Waals surface area contributed by atoms with Crippen molar-refractivity contribution in [2.24, 2.45) is 5.92 Å². The van der Waals surface area contributed by atoms with Crippen molar-refractivity contribution in [2.45, 2.75) is 25.4 Å². The molecule has 0 saturated heterocycles. The fourth-order valence-electron chi connectivity index (χ4n) is 4.89. The average molecular weight is 314 g/mol. The summed E-state index contributed by atoms with van der Waals surface area (Å²) in [5.41, 5.74) is 8.65. The summed E-state index contributed by atoms with van der Waals surface area (Å²) in [4.78, 5) is 4.81. The summed E-state index contributed by atoms with van der Waals surface area (Å²) in [6.07, 6.45) is 7.97. The van der Waals surface area contributed by atoms with Crippen LogP contribution in [0.25, 0.3) is 11.1 Å². The highest BCUT2D eigenvalue weighted by Crippen LogP contribution is 2.51. The second kappa shape index (κ2) is 4.76. The van der Waals surface area contributed by atoms with Gasteiger partial charge in [-0.15, -0.1) is 6.58 Å². The number of hydrogen-bond donors (Lipinski definition) is 0. The first-order valence-corrected chi connectivity index (χ1v) is 8.76. The minimum Gasteiger partial charge on any atom is -0.358 e. The molecule has 0 radical (unpaired) electrons. The Bertz CT molecular complexity index is 880. The Morgan fingerprint density at radius 2 is 1.92 bits per heavy atom. The van der Waals surface area contributed by atoms with Crippen LogP contribution in [0.1, 0.15) is 29.5 Å². The lowest BCUT2D eigenvalue weighted by molar-refractivity contribution is 0.257. The first-order valence-electron chi connectivity index (χ1n) is 8.76. The average Bonchev–Trinajstić information content (AvgIpc) is 3.16. The summed E-state index contributed by atoms with van der Waals surface area (Å²) < 4.78 is 0. The number of hydrogen-bond acceptors (Lipinski definition) is 2. The number of anilines is 1. The molecule has 2 heteroatoms. The first kappa shape index (κ1) is 13.9. The molecule has 0 bridgehead atoms. The molecule has 0 saturated carbocycles. The van der Waals surface area contributed by atoms with Gasteiger partial charge in [0.05, 0.1) is 5.69 Å². The largest absolute Gasteiger partial charge is 0.358 e. The molecular formula is C22H22N2. The van der Waals surface area contributed by atoms with Gasteiger partial charge in [-0.3, -0.25) is 0 Å². The second-order valence-electron chi connectivity index (χ2n) is 7.25. The maximum absolute atomic E-state index is 4.13. The van der Waals surface area contributed by atoms with Gasteiger partial charge in [0.2, 0.25) is 0 Å². The van der Waals surface area contributed by atoms with Crippen LogP contribution in [0.2, 0.25) is 0 Å². The van der Waals surface area contributed by atoms with E-state index >= 15 is 0 Å². The Hall–Kier alpha value is -2.48. The van der Waals surface area contributed by atoms with Gasteiger partial charge >= 0.3 is 0 Å². The summed E-state index contributed by atoms with van der Waals surface area (Å²) in [5, 5.41) is 0. The lowest BCUT2D eigenvalue weighted by Crippen LogP contribution is -2.47. The van der Waals surface area contributed by atoms with E-state index in [-0.39, 0.29) is 0 Å². The topological polar surface area (TPSA) is 6.48 Å². The Morgan fingerprint density at radius 1 is 1.08 bits per heavy atom. The van der Waals surface area contributed by atoms with Crippen LogP contribution in [0, 0.1) is 5.92 Å². The predicted molar refractivity (Wildman–Crippen MR) is 100.0 cm³/mol. The third-order valence-electron chi connectivity index (χ3n) is 6.10. The van der Waals surface area contributed by atoms with Crippen molar-refractivity contribution < 1.29 is 0 Å². The van der Waals surface area contributed by atoms with E-state index in [9.17, 15) is 0 Å². The van der Waals surface area contributed by atoms with Gasteiger partial charge in [0.25, 0.3) is 0 Å². The van der Waals surface area contributed by atoms with E-state index in [0.717, 1.165) is 6.42 Å². The maximum Gasteiger partial charge on any atom is 0.112 e. The van der Waals surface area contributed by atoms with Gasteiger partial charge in [-0.1, -0.05) is 49.4 Å². The summed E-state index contributed by atoms with van der Waals surface area (Å²) in [7, 11) is 2.17. The Kier molecular flexibility index (Phi) is 2.76. The SMILES string of the molecule is C=CC1C(C)c2ccc3c(c2N2C=CN(C)C12)Cc1ccccc1-3. The molecule has 0 spiro atoms. The highest BCUT2D eigenvalue weighted by molar-refractivity contribution is 5.85. The standard InChI is InChI=1S/C22H22N2/c1-4-16-14(2)17-9-10-19-18-8-6-5-7-15(18)13-20(19)21(17)24-12-11-23(3)22(16)24/h4-12,14,16,22H,1,13H2,2-3H3. The molecule has 3 atom stereocenters. The quantitative estimate of drug-likeness (QED) is 0.599. The highest BCUT2D eigenvalue weighted by Gasteiger charge is 2.42. The molecule has 3 aliphatic rings. The van der Waals surface area contributed by atoms with Crippen molar-refractivity contribution in [3.05, 3.63) is 78.1 Å². The zero-order valence-corrected chi connectivity index (χ0v) is 14.2. The number of benzene rings is 2. The third kappa shape index (κ3) is 1.61. The Morgan fingerprint density at radius 3 is 2.75 bits per heavy atom. The molecule has 3 unspecified atom stereocenters. The summed E-state index contributed by atoms with van der Waals surface area (Å²) in [6, 6.07) is 13.5. The molecule has 120 valence electrons. The molecule has 0 aromatic heterocycles. The van der Waals surface area contributed by atoms with Crippen LogP contribution in [0.4, 0.5) is 5.69 Å². The van der Waals surface area contributed by atoms with Crippen LogP contribution in [-0.4, -0.2) is 18.1 Å². The van der Waals surface area contributed by atoms with E-state index in [2.05, 4.69) is 85.2 Å². The van der Waals surface area contributed by atoms with Crippen LogP contribution in [-0.2, 0) is 6.42 Å². The second-order valence-corrected chi connectivity index (χ2v) is 7.25. The summed E-state index contributed by atoms with van der Waals surface area (Å²) in [6.45, 7) is 6.48. The van der Waals surface area contributed by atoms with Crippen LogP contribution >= 0.6 is 0 Å². The van der Waals surface area contributed by atoms with E-state index in [0.29, 0.717) is 18.0 Å². The van der Waals surface area contributed by atoms with Crippen molar-refractivity contribution in [1.82, 2.24) is 4.90 Å². The number of rotatable bonds is 1. The maximum atomic E-state index is 4.13. The summed E-state index contributed by atoms with van der Waals surface area (Å²) in [5.74, 6) is 0.912. The van der Waals surface area contributed by atoms with E-state index in [4.69, 9.17) is 0 Å². The third-order valence-corrected chi connectivity index (χ3v) is 6.10. The molecule has 0 N–H and O–H groups in total. The van der Waals surface area contributed by atoms with Gasteiger partial charge in [-0.2, -0.15) is 0 Å². The predicted octanol–water partition coefficient (Wildman–Crippen LogP) is 4.73. The molecule has 2 heterocycles. The van der Waals surface area contributed by atoms with Crippen molar-refractivity contribution in [3.8, 4) is 11.1 Å². The molecule has 2 aromatic rings. The van der Waals surface area contributed by atoms with Crippen LogP contribution in [0.3, 0.4) is 0 Å². The van der Waals surface area contributed by atoms with Crippen LogP contribution < -0.4 is 4.90 Å². The molecular weight excluding hydrogens is 292 g/mol. The minimum absolute atomic E-state index is 0.347. The smallest absolute Gasteiger partial charge is 0.112 e. The fourth-order valence-corrected chi connectivity index (χ4v) is 4.89. The molecule has 2 nitrogen and oxygen atoms in total. The van der Waals surface area contributed by atoms with Crippen molar-refractivity contribution in [3.63, 3.8) is 0 Å². The molecule has 0 amide bonds. The lowest BCUT2D eigenvalue weighted by atomic mass is 9.78. The fraction of sp³-hybridized carbons (Fsp3) is 0.273. The van der Waals surface area contributed by atoms with Gasteiger partial charge < -0.3 is 9.80 Å². The zero-order chi connectivity index (χ0) is 16.4. The van der Waals surface area contributed by atoms with Crippen molar-refractivity contribution >= 4 is 5.69 Å². The van der Waals surface area contributed by atoms with E-state index < -0.39 is 0 Å². The Labute approximate surface area is 143 Å². The number of nitrogens with zero attached hydrogens (tertiary/aromatic N) is 2. The van der Waals surface area contributed by atoms with Crippen molar-refractivity contribution in [2.75, 3.05) is 11.9 Å². The van der Waals surface area contributed by atoms with Gasteiger partial charge in [0.15, 0.2) is 0 Å². The molecule has 2 aliphatic heterocycles. The molecule has 0 fully saturated rings. The molecule has 2 aromatic carbocycles. The van der Waals surface area contributed by atoms with Gasteiger partial charge in [-0.25, -0.2) is 0 Å². The van der Waals surface area contributed by atoms with Crippen molar-refractivity contribution in [1.29, 1.82) is 0 Å². The lowest BCUT2D eigenvalue weighted by Gasteiger charge is -2.45. The van der Waals surface area contributed by atoms with Crippen LogP contribution in [0.5, 0.6) is 0 Å². The highest BCUT2D eigenvalue weighted by atomic mass is 15.4. The molecule has 24 heavy (non-hydrogen) atoms. The zero-order valence-electron chi connectivity index (χ0n) is 14.2. The first-order chi connectivity index (χ1) is 11.7.